The van der Waals surface area contributed by atoms with Gasteiger partial charge in [-0.2, -0.15) is 27.3 Å². The number of thiol groups is 1. The number of hydrogen-bond donors (Lipinski definition) is 6. The van der Waals surface area contributed by atoms with E-state index in [1.54, 1.807) is 0 Å². The first kappa shape index (κ1) is 17.5. The number of hydrogen-bond acceptors (Lipinski definition) is 6. The fourth-order valence-electron chi connectivity index (χ4n) is 2.02. The fraction of sp³-hybridized carbons (Fsp3) is 0.889. The van der Waals surface area contributed by atoms with E-state index < -0.39 is 27.4 Å². The lowest BCUT2D eigenvalue weighted by Gasteiger charge is -2.25. The van der Waals surface area contributed by atoms with Gasteiger partial charge in [0.2, 0.25) is 0 Å². The van der Waals surface area contributed by atoms with Gasteiger partial charge < -0.3 is 9.79 Å². The van der Waals surface area contributed by atoms with Crippen LogP contribution >= 0.6 is 28.2 Å². The predicted octanol–water partition coefficient (Wildman–Crippen LogP) is 0.443. The van der Waals surface area contributed by atoms with Crippen molar-refractivity contribution in [1.82, 2.24) is 0 Å². The average molecular weight is 332 g/mol. The Morgan fingerprint density at radius 2 is 2.05 bits per heavy atom. The highest BCUT2D eigenvalue weighted by molar-refractivity contribution is 7.80. The van der Waals surface area contributed by atoms with Crippen molar-refractivity contribution < 1.29 is 29.0 Å². The minimum Gasteiger partial charge on any atom is -0.324 e. The lowest BCUT2D eigenvalue weighted by molar-refractivity contribution is 0.321. The van der Waals surface area contributed by atoms with E-state index in [9.17, 15) is 19.2 Å². The molecule has 5 N–H and O–H groups in total. The summed E-state index contributed by atoms with van der Waals surface area (Å²) in [4.78, 5) is 50.2. The van der Waals surface area contributed by atoms with E-state index >= 15 is 0 Å². The second kappa shape index (κ2) is 6.96. The number of aliphatic imine (C=N–C) groups is 1. The zero-order valence-electron chi connectivity index (χ0n) is 10.3. The highest BCUT2D eigenvalue weighted by atomic mass is 32.1. The molecule has 0 spiro atoms. The Labute approximate surface area is 117 Å². The first-order valence-electron chi connectivity index (χ1n) is 5.89. The largest absolute Gasteiger partial charge is 0.412 e. The summed E-state index contributed by atoms with van der Waals surface area (Å²) in [6, 6.07) is 0. The van der Waals surface area contributed by atoms with Crippen LogP contribution in [0.25, 0.3) is 0 Å². The molecule has 0 aromatic heterocycles. The standard InChI is InChI=1S/C9H19NO6P2S/c11-17(12,13)4-3-9(18(14,15)16)8-2-1-7(6-19)5-10-8/h7,9,14-16H,1-6H2,(H2-,11,12,13,19)/p+1. The van der Waals surface area contributed by atoms with Crippen molar-refractivity contribution in [2.75, 3.05) is 18.5 Å². The van der Waals surface area contributed by atoms with E-state index in [0.29, 0.717) is 30.3 Å². The normalized spacial score (nSPS) is 23.1. The lowest BCUT2D eigenvalue weighted by Crippen LogP contribution is -2.30. The molecule has 0 amide bonds. The Balaban J connectivity index is 2.76. The van der Waals surface area contributed by atoms with E-state index in [2.05, 4.69) is 17.6 Å². The summed E-state index contributed by atoms with van der Waals surface area (Å²) in [5.41, 5.74) is -0.631. The maximum Gasteiger partial charge on any atom is 0.412 e. The van der Waals surface area contributed by atoms with Gasteiger partial charge in [0, 0.05) is 13.0 Å². The summed E-state index contributed by atoms with van der Waals surface area (Å²) in [6.45, 7) is 0.491. The predicted molar refractivity (Wildman–Crippen MR) is 77.8 cm³/mol. The maximum atomic E-state index is 10.9. The molecule has 2 atom stereocenters. The van der Waals surface area contributed by atoms with Crippen LogP contribution in [0, 0.1) is 5.92 Å². The summed E-state index contributed by atoms with van der Waals surface area (Å²) in [7, 11) is -8.44. The molecule has 1 aliphatic heterocycles. The monoisotopic (exact) mass is 332 g/mol. The maximum absolute atomic E-state index is 10.9. The van der Waals surface area contributed by atoms with Gasteiger partial charge in [-0.15, -0.1) is 0 Å². The van der Waals surface area contributed by atoms with Crippen LogP contribution in [0.1, 0.15) is 19.3 Å². The zero-order chi connectivity index (χ0) is 14.7. The quantitative estimate of drug-likeness (QED) is 0.309. The molecule has 1 heterocycles. The van der Waals surface area contributed by atoms with Gasteiger partial charge in [0.15, 0.2) is 5.66 Å². The van der Waals surface area contributed by atoms with Crippen molar-refractivity contribution in [1.29, 1.82) is 0 Å². The summed E-state index contributed by atoms with van der Waals surface area (Å²) in [6.07, 6.45) is 0.567. The molecule has 2 unspecified atom stereocenters. The highest BCUT2D eigenvalue weighted by Crippen LogP contribution is 2.54. The van der Waals surface area contributed by atoms with Crippen LogP contribution in [0.5, 0.6) is 0 Å². The smallest absolute Gasteiger partial charge is 0.324 e. The topological polar surface area (TPSA) is 131 Å². The molecule has 1 aliphatic rings. The molecule has 19 heavy (non-hydrogen) atoms. The van der Waals surface area contributed by atoms with Crippen LogP contribution in [0.3, 0.4) is 0 Å². The first-order chi connectivity index (χ1) is 8.63. The molecule has 0 aromatic rings. The third-order valence-corrected chi connectivity index (χ3v) is 5.87. The lowest BCUT2D eigenvalue weighted by atomic mass is 9.97. The molecular formula is C9H20NO6P2S+. The van der Waals surface area contributed by atoms with Crippen molar-refractivity contribution in [2.24, 2.45) is 10.9 Å². The van der Waals surface area contributed by atoms with Crippen LogP contribution in [0.15, 0.2) is 4.99 Å². The molecular weight excluding hydrogens is 312 g/mol. The number of rotatable bonds is 6. The van der Waals surface area contributed by atoms with E-state index in [0.717, 1.165) is 6.42 Å². The summed E-state index contributed by atoms with van der Waals surface area (Å²) < 4.78 is 10.9. The summed E-state index contributed by atoms with van der Waals surface area (Å²) in [5.74, 6) is 1.00. The molecule has 0 aromatic carbocycles. The van der Waals surface area contributed by atoms with Crippen molar-refractivity contribution in [3.63, 3.8) is 0 Å². The Hall–Kier alpha value is 0.480. The Kier molecular flexibility index (Phi) is 6.42. The van der Waals surface area contributed by atoms with E-state index in [1.165, 1.54) is 0 Å². The number of nitrogens with zero attached hydrogens (tertiary/aromatic N) is 1. The summed E-state index contributed by atoms with van der Waals surface area (Å²) in [5, 5.41) is 0. The van der Waals surface area contributed by atoms with Gasteiger partial charge in [-0.3, -0.25) is 9.56 Å². The van der Waals surface area contributed by atoms with Crippen molar-refractivity contribution in [3.05, 3.63) is 0 Å². The van der Waals surface area contributed by atoms with Crippen molar-refractivity contribution in [2.45, 2.75) is 24.9 Å². The second-order valence-corrected chi connectivity index (χ2v) is 8.72. The van der Waals surface area contributed by atoms with Crippen molar-refractivity contribution >= 4 is 33.9 Å². The van der Waals surface area contributed by atoms with Crippen LogP contribution in [0.2, 0.25) is 0 Å². The molecule has 0 saturated heterocycles. The molecule has 7 nitrogen and oxygen atoms in total. The minimum absolute atomic E-state index is 0.189. The van der Waals surface area contributed by atoms with Gasteiger partial charge in [-0.1, -0.05) is 0 Å². The molecule has 112 valence electrons. The van der Waals surface area contributed by atoms with E-state index in [1.807, 2.05) is 0 Å². The molecule has 0 bridgehead atoms. The van der Waals surface area contributed by atoms with Crippen LogP contribution < -0.4 is 0 Å². The van der Waals surface area contributed by atoms with Crippen LogP contribution in [-0.2, 0) is 4.57 Å². The minimum atomic E-state index is -4.24. The molecule has 10 heteroatoms. The molecule has 0 fully saturated rings. The Morgan fingerprint density at radius 1 is 1.42 bits per heavy atom. The van der Waals surface area contributed by atoms with Gasteiger partial charge in [0.25, 0.3) is 0 Å². The average Bonchev–Trinajstić information content (AvgIpc) is 2.26. The molecule has 0 aliphatic carbocycles. The Bertz CT molecular complexity index is 379. The molecule has 0 radical (unpaired) electrons. The SMILES string of the molecule is O=P(O)(O)CCC(C1=NCC(CS)CC1)[P+](O)(O)O. The van der Waals surface area contributed by atoms with Gasteiger partial charge in [-0.05, 0) is 24.5 Å². The first-order valence-corrected chi connectivity index (χ1v) is 10.0. The Morgan fingerprint density at radius 3 is 2.42 bits per heavy atom. The molecule has 1 rings (SSSR count). The fourth-order valence-corrected chi connectivity index (χ4v) is 4.20. The van der Waals surface area contributed by atoms with E-state index in [4.69, 9.17) is 9.79 Å². The van der Waals surface area contributed by atoms with Gasteiger partial charge in [-0.25, -0.2) is 0 Å². The van der Waals surface area contributed by atoms with Gasteiger partial charge in [0.1, 0.15) is 0 Å². The van der Waals surface area contributed by atoms with Gasteiger partial charge >= 0.3 is 15.5 Å². The van der Waals surface area contributed by atoms with Crippen molar-refractivity contribution in [3.8, 4) is 0 Å². The second-order valence-electron chi connectivity index (χ2n) is 4.73. The third kappa shape index (κ3) is 6.19. The third-order valence-electron chi connectivity index (χ3n) is 3.12. The zero-order valence-corrected chi connectivity index (χ0v) is 13.0. The van der Waals surface area contributed by atoms with Gasteiger partial charge in [0.05, 0.1) is 11.9 Å². The summed E-state index contributed by atoms with van der Waals surface area (Å²) >= 11 is 4.17. The molecule has 0 saturated carbocycles. The highest BCUT2D eigenvalue weighted by Gasteiger charge is 2.47. The van der Waals surface area contributed by atoms with Crippen LogP contribution in [0.4, 0.5) is 0 Å². The van der Waals surface area contributed by atoms with Crippen LogP contribution in [-0.4, -0.2) is 54.3 Å². The van der Waals surface area contributed by atoms with E-state index in [-0.39, 0.29) is 6.42 Å².